The van der Waals surface area contributed by atoms with Crippen molar-refractivity contribution >= 4 is 22.8 Å². The van der Waals surface area contributed by atoms with E-state index >= 15 is 0 Å². The van der Waals surface area contributed by atoms with Gasteiger partial charge in [-0.05, 0) is 24.8 Å². The fraction of sp³-hybridized carbons (Fsp3) is 0.412. The van der Waals surface area contributed by atoms with Crippen LogP contribution in [0.1, 0.15) is 52.4 Å². The van der Waals surface area contributed by atoms with Gasteiger partial charge in [-0.1, -0.05) is 24.6 Å². The molecule has 4 nitrogen and oxygen atoms in total. The first kappa shape index (κ1) is 12.6. The van der Waals surface area contributed by atoms with Crippen LogP contribution in [-0.2, 0) is 4.74 Å². The monoisotopic (exact) mass is 283 g/mol. The van der Waals surface area contributed by atoms with Crippen molar-refractivity contribution in [2.75, 3.05) is 7.11 Å². The summed E-state index contributed by atoms with van der Waals surface area (Å²) in [6.45, 7) is 0. The van der Waals surface area contributed by atoms with Crippen LogP contribution in [0.5, 0.6) is 0 Å². The Kier molecular flexibility index (Phi) is 2.67. The van der Waals surface area contributed by atoms with Crippen LogP contribution in [0, 0.1) is 5.92 Å². The van der Waals surface area contributed by atoms with Crippen LogP contribution < -0.4 is 0 Å². The van der Waals surface area contributed by atoms with E-state index in [2.05, 4.69) is 0 Å². The molecule has 2 atom stereocenters. The summed E-state index contributed by atoms with van der Waals surface area (Å²) in [5.41, 5.74) is 2.32. The molecule has 1 aliphatic heterocycles. The zero-order valence-corrected chi connectivity index (χ0v) is 12.0. The van der Waals surface area contributed by atoms with Gasteiger partial charge in [0.25, 0.3) is 0 Å². The van der Waals surface area contributed by atoms with E-state index in [9.17, 15) is 9.59 Å². The Morgan fingerprint density at radius 2 is 2.10 bits per heavy atom. The summed E-state index contributed by atoms with van der Waals surface area (Å²) in [6.07, 6.45) is 3.86. The second kappa shape index (κ2) is 4.45. The van der Waals surface area contributed by atoms with Gasteiger partial charge in [-0.25, -0.2) is 4.79 Å². The number of esters is 1. The molecule has 2 aliphatic rings. The van der Waals surface area contributed by atoms with Crippen molar-refractivity contribution in [3.05, 3.63) is 35.5 Å². The predicted octanol–water partition coefficient (Wildman–Crippen LogP) is 3.36. The first-order chi connectivity index (χ1) is 10.2. The van der Waals surface area contributed by atoms with Crippen LogP contribution in [0.4, 0.5) is 0 Å². The van der Waals surface area contributed by atoms with Gasteiger partial charge >= 0.3 is 5.97 Å². The third-order valence-electron chi connectivity index (χ3n) is 5.00. The topological polar surface area (TPSA) is 48.3 Å². The Morgan fingerprint density at radius 1 is 1.29 bits per heavy atom. The predicted molar refractivity (Wildman–Crippen MR) is 78.6 cm³/mol. The molecule has 21 heavy (non-hydrogen) atoms. The fourth-order valence-corrected chi connectivity index (χ4v) is 4.15. The van der Waals surface area contributed by atoms with E-state index in [1.165, 1.54) is 7.11 Å². The van der Waals surface area contributed by atoms with Crippen molar-refractivity contribution in [3.63, 3.8) is 0 Å². The van der Waals surface area contributed by atoms with Gasteiger partial charge in [0.15, 0.2) is 0 Å². The lowest BCUT2D eigenvalue weighted by molar-refractivity contribution is 0.0600. The molecule has 1 aromatic heterocycles. The second-order valence-corrected chi connectivity index (χ2v) is 6.00. The lowest BCUT2D eigenvalue weighted by atomic mass is 9.85. The smallest absolute Gasteiger partial charge is 0.340 e. The van der Waals surface area contributed by atoms with E-state index in [-0.39, 0.29) is 11.9 Å². The number of benzene rings is 1. The Bertz CT molecular complexity index is 759. The van der Waals surface area contributed by atoms with Crippen molar-refractivity contribution in [1.82, 2.24) is 4.57 Å². The molecule has 108 valence electrons. The zero-order chi connectivity index (χ0) is 14.6. The van der Waals surface area contributed by atoms with Gasteiger partial charge in [0.2, 0.25) is 5.91 Å². The number of aromatic nitrogens is 1. The van der Waals surface area contributed by atoms with Crippen LogP contribution in [-0.4, -0.2) is 23.6 Å². The highest BCUT2D eigenvalue weighted by Gasteiger charge is 2.41. The molecule has 0 radical (unpaired) electrons. The molecule has 0 unspecified atom stereocenters. The maximum Gasteiger partial charge on any atom is 0.340 e. The van der Waals surface area contributed by atoms with Gasteiger partial charge in [-0.15, -0.1) is 0 Å². The first-order valence-electron chi connectivity index (χ1n) is 7.47. The highest BCUT2D eigenvalue weighted by atomic mass is 16.5. The summed E-state index contributed by atoms with van der Waals surface area (Å²) < 4.78 is 6.76. The molecule has 4 rings (SSSR count). The molecule has 1 aliphatic carbocycles. The van der Waals surface area contributed by atoms with Crippen LogP contribution in [0.2, 0.25) is 0 Å². The summed E-state index contributed by atoms with van der Waals surface area (Å²) in [7, 11) is 1.40. The third kappa shape index (κ3) is 1.62. The summed E-state index contributed by atoms with van der Waals surface area (Å²) in [5.74, 6) is 0.474. The van der Waals surface area contributed by atoms with E-state index in [1.807, 2.05) is 24.3 Å². The van der Waals surface area contributed by atoms with Crippen LogP contribution in [0.15, 0.2) is 24.3 Å². The summed E-state index contributed by atoms with van der Waals surface area (Å²) >= 11 is 0. The minimum absolute atomic E-state index is 0.111. The minimum Gasteiger partial charge on any atom is -0.465 e. The zero-order valence-electron chi connectivity index (χ0n) is 12.0. The van der Waals surface area contributed by atoms with Crippen molar-refractivity contribution in [1.29, 1.82) is 0 Å². The Balaban J connectivity index is 2.09. The van der Waals surface area contributed by atoms with Crippen molar-refractivity contribution < 1.29 is 14.3 Å². The summed E-state index contributed by atoms with van der Waals surface area (Å²) in [4.78, 5) is 24.9. The normalized spacial score (nSPS) is 24.0. The second-order valence-electron chi connectivity index (χ2n) is 6.00. The van der Waals surface area contributed by atoms with E-state index in [0.717, 1.165) is 35.9 Å². The first-order valence-corrected chi connectivity index (χ1v) is 7.47. The number of rotatable bonds is 1. The molecule has 1 fully saturated rings. The van der Waals surface area contributed by atoms with E-state index < -0.39 is 0 Å². The number of para-hydroxylation sites is 1. The number of methoxy groups -OCH3 is 1. The average molecular weight is 283 g/mol. The molecule has 0 spiro atoms. The molecule has 0 amide bonds. The van der Waals surface area contributed by atoms with E-state index in [0.29, 0.717) is 23.8 Å². The average Bonchev–Trinajstić information content (AvgIpc) is 3.08. The van der Waals surface area contributed by atoms with Crippen molar-refractivity contribution in [2.24, 2.45) is 5.92 Å². The molecule has 0 bridgehead atoms. The van der Waals surface area contributed by atoms with Crippen LogP contribution in [0.25, 0.3) is 10.9 Å². The molecule has 2 aromatic rings. The lowest BCUT2D eigenvalue weighted by Crippen LogP contribution is -2.28. The molecular weight excluding hydrogens is 266 g/mol. The summed E-state index contributed by atoms with van der Waals surface area (Å²) in [6, 6.07) is 7.63. The standard InChI is InChI=1S/C17H17NO3/c1-21-17(20)15-12-6-2-3-8-13(12)18-14(19)9-10-5-4-7-11(10)16(15)18/h2-3,6,8,10-11H,4-5,7,9H2,1H3/t10-,11-/m1/s1. The van der Waals surface area contributed by atoms with Crippen LogP contribution >= 0.6 is 0 Å². The minimum atomic E-state index is -0.333. The number of ether oxygens (including phenoxy) is 1. The van der Waals surface area contributed by atoms with Crippen molar-refractivity contribution in [2.45, 2.75) is 31.6 Å². The Hall–Kier alpha value is -2.10. The van der Waals surface area contributed by atoms with Gasteiger partial charge in [-0.2, -0.15) is 0 Å². The molecule has 4 heteroatoms. The summed E-state index contributed by atoms with van der Waals surface area (Å²) in [5, 5.41) is 0.834. The number of fused-ring (bicyclic) bond motifs is 5. The molecule has 0 saturated heterocycles. The molecule has 1 aromatic carbocycles. The number of carbonyl (C=O) groups is 2. The fourth-order valence-electron chi connectivity index (χ4n) is 4.15. The van der Waals surface area contributed by atoms with Gasteiger partial charge in [0.05, 0.1) is 18.2 Å². The Morgan fingerprint density at radius 3 is 2.90 bits per heavy atom. The maximum absolute atomic E-state index is 12.6. The van der Waals surface area contributed by atoms with Gasteiger partial charge in [0.1, 0.15) is 0 Å². The SMILES string of the molecule is COC(=O)c1c2n(c3ccccc13)C(=O)C[C@H]1CCC[C@@H]21. The number of nitrogens with zero attached hydrogens (tertiary/aromatic N) is 1. The van der Waals surface area contributed by atoms with Crippen LogP contribution in [0.3, 0.4) is 0 Å². The maximum atomic E-state index is 12.6. The molecule has 2 heterocycles. The number of hydrogen-bond donors (Lipinski definition) is 0. The highest BCUT2D eigenvalue weighted by molar-refractivity contribution is 6.09. The largest absolute Gasteiger partial charge is 0.465 e. The van der Waals surface area contributed by atoms with E-state index in [4.69, 9.17) is 4.74 Å². The highest BCUT2D eigenvalue weighted by Crippen LogP contribution is 2.48. The van der Waals surface area contributed by atoms with Gasteiger partial charge in [0, 0.05) is 23.4 Å². The Labute approximate surface area is 122 Å². The van der Waals surface area contributed by atoms with Crippen molar-refractivity contribution in [3.8, 4) is 0 Å². The molecular formula is C17H17NO3. The third-order valence-corrected chi connectivity index (χ3v) is 5.00. The number of carbonyl (C=O) groups excluding carboxylic acids is 2. The molecule has 0 N–H and O–H groups in total. The molecule has 1 saturated carbocycles. The van der Waals surface area contributed by atoms with Gasteiger partial charge < -0.3 is 4.74 Å². The van der Waals surface area contributed by atoms with E-state index in [1.54, 1.807) is 4.57 Å². The lowest BCUT2D eigenvalue weighted by Gasteiger charge is -2.27. The quantitative estimate of drug-likeness (QED) is 0.754. The van der Waals surface area contributed by atoms with Gasteiger partial charge in [-0.3, -0.25) is 9.36 Å². The number of hydrogen-bond acceptors (Lipinski definition) is 3.